The van der Waals surface area contributed by atoms with Gasteiger partial charge in [-0.1, -0.05) is 0 Å². The predicted octanol–water partition coefficient (Wildman–Crippen LogP) is 1.94. The molecule has 0 fully saturated rings. The average molecular weight is 270 g/mol. The first-order chi connectivity index (χ1) is 9.13. The molecule has 0 aliphatic carbocycles. The van der Waals surface area contributed by atoms with Crippen molar-refractivity contribution >= 4 is 5.69 Å². The molecular weight excluding hydrogens is 254 g/mol. The van der Waals surface area contributed by atoms with E-state index in [1.165, 1.54) is 19.1 Å². The maximum absolute atomic E-state index is 13.9. The molecule has 104 valence electrons. The van der Waals surface area contributed by atoms with Gasteiger partial charge in [-0.3, -0.25) is 0 Å². The van der Waals surface area contributed by atoms with Crippen molar-refractivity contribution in [3.05, 3.63) is 29.3 Å². The van der Waals surface area contributed by atoms with Crippen molar-refractivity contribution in [1.82, 2.24) is 0 Å². The first-order valence-electron chi connectivity index (χ1n) is 5.76. The van der Waals surface area contributed by atoms with Gasteiger partial charge in [-0.2, -0.15) is 5.26 Å². The van der Waals surface area contributed by atoms with E-state index < -0.39 is 11.6 Å². The molecule has 19 heavy (non-hydrogen) atoms. The lowest BCUT2D eigenvalue weighted by Gasteiger charge is -2.25. The number of rotatable bonds is 7. The van der Waals surface area contributed by atoms with Gasteiger partial charge in [0.2, 0.25) is 0 Å². The second-order valence-corrected chi connectivity index (χ2v) is 3.87. The van der Waals surface area contributed by atoms with Crippen LogP contribution < -0.4 is 4.90 Å². The van der Waals surface area contributed by atoms with Crippen LogP contribution in [0.1, 0.15) is 5.56 Å². The summed E-state index contributed by atoms with van der Waals surface area (Å²) in [5.74, 6) is -1.52. The van der Waals surface area contributed by atoms with Gasteiger partial charge in [0.25, 0.3) is 0 Å². The normalized spacial score (nSPS) is 10.3. The smallest absolute Gasteiger partial charge is 0.150 e. The first kappa shape index (κ1) is 15.3. The average Bonchev–Trinajstić information content (AvgIpc) is 2.40. The van der Waals surface area contributed by atoms with E-state index in [1.54, 1.807) is 6.07 Å². The second-order valence-electron chi connectivity index (χ2n) is 3.87. The highest BCUT2D eigenvalue weighted by Crippen LogP contribution is 2.24. The minimum atomic E-state index is -0.760. The molecule has 1 aromatic rings. The highest BCUT2D eigenvalue weighted by atomic mass is 19.1. The van der Waals surface area contributed by atoms with E-state index in [1.807, 2.05) is 0 Å². The first-order valence-corrected chi connectivity index (χ1v) is 5.76. The largest absolute Gasteiger partial charge is 0.383 e. The lowest BCUT2D eigenvalue weighted by molar-refractivity contribution is 0.189. The Morgan fingerprint density at radius 3 is 1.95 bits per heavy atom. The molecule has 0 saturated heterocycles. The number of benzene rings is 1. The number of nitriles is 1. The molecule has 6 heteroatoms. The van der Waals surface area contributed by atoms with Crippen LogP contribution >= 0.6 is 0 Å². The van der Waals surface area contributed by atoms with Gasteiger partial charge in [-0.15, -0.1) is 0 Å². The summed E-state index contributed by atoms with van der Waals surface area (Å²) in [4.78, 5) is 1.50. The van der Waals surface area contributed by atoms with Gasteiger partial charge in [0.05, 0.1) is 24.8 Å². The Labute approximate surface area is 111 Å². The van der Waals surface area contributed by atoms with Gasteiger partial charge in [-0.05, 0) is 12.1 Å². The van der Waals surface area contributed by atoms with Gasteiger partial charge in [-0.25, -0.2) is 8.78 Å². The molecule has 0 aliphatic heterocycles. The predicted molar refractivity (Wildman–Crippen MR) is 67.0 cm³/mol. The maximum atomic E-state index is 13.9. The third kappa shape index (κ3) is 4.16. The quantitative estimate of drug-likeness (QED) is 0.759. The second kappa shape index (κ2) is 7.67. The van der Waals surface area contributed by atoms with Crippen molar-refractivity contribution in [2.75, 3.05) is 45.4 Å². The Bertz CT molecular complexity index is 429. The van der Waals surface area contributed by atoms with Crippen LogP contribution in [0.4, 0.5) is 14.5 Å². The fraction of sp³-hybridized carbons (Fsp3) is 0.462. The van der Waals surface area contributed by atoms with E-state index >= 15 is 0 Å². The minimum Gasteiger partial charge on any atom is -0.383 e. The molecule has 4 nitrogen and oxygen atoms in total. The Morgan fingerprint density at radius 2 is 1.58 bits per heavy atom. The summed E-state index contributed by atoms with van der Waals surface area (Å²) in [6, 6.07) is 3.75. The molecule has 1 aromatic carbocycles. The Hall–Kier alpha value is -1.71. The minimum absolute atomic E-state index is 0.0443. The monoisotopic (exact) mass is 270 g/mol. The number of halogens is 2. The van der Waals surface area contributed by atoms with Crippen LogP contribution in [0.5, 0.6) is 0 Å². The number of ether oxygens (including phenoxy) is 2. The Kier molecular flexibility index (Phi) is 6.19. The molecule has 0 atom stereocenters. The zero-order valence-electron chi connectivity index (χ0n) is 10.9. The van der Waals surface area contributed by atoms with E-state index in [-0.39, 0.29) is 11.3 Å². The van der Waals surface area contributed by atoms with Gasteiger partial charge in [0.1, 0.15) is 5.69 Å². The molecule has 0 bridgehead atoms. The van der Waals surface area contributed by atoms with E-state index in [0.717, 1.165) is 12.1 Å². The van der Waals surface area contributed by atoms with Gasteiger partial charge in [0.15, 0.2) is 11.6 Å². The van der Waals surface area contributed by atoms with Crippen molar-refractivity contribution in [2.45, 2.75) is 0 Å². The zero-order valence-corrected chi connectivity index (χ0v) is 10.9. The molecular formula is C13H16F2N2O2. The lowest BCUT2D eigenvalue weighted by atomic mass is 10.2. The van der Waals surface area contributed by atoms with E-state index in [4.69, 9.17) is 14.7 Å². The van der Waals surface area contributed by atoms with Gasteiger partial charge in [0, 0.05) is 27.3 Å². The zero-order chi connectivity index (χ0) is 14.3. The van der Waals surface area contributed by atoms with Crippen molar-refractivity contribution in [3.8, 4) is 6.07 Å². The van der Waals surface area contributed by atoms with Crippen molar-refractivity contribution in [2.24, 2.45) is 0 Å². The van der Waals surface area contributed by atoms with Crippen LogP contribution in [0.2, 0.25) is 0 Å². The molecule has 0 saturated carbocycles. The maximum Gasteiger partial charge on any atom is 0.150 e. The third-order valence-corrected chi connectivity index (χ3v) is 2.59. The number of hydrogen-bond acceptors (Lipinski definition) is 4. The van der Waals surface area contributed by atoms with E-state index in [2.05, 4.69) is 0 Å². The van der Waals surface area contributed by atoms with E-state index in [0.29, 0.717) is 26.3 Å². The van der Waals surface area contributed by atoms with Crippen LogP contribution in [0.3, 0.4) is 0 Å². The molecule has 0 unspecified atom stereocenters. The SMILES string of the molecule is COCCN(CCOC)c1c(F)cc(C#N)cc1F. The summed E-state index contributed by atoms with van der Waals surface area (Å²) >= 11 is 0. The molecule has 0 N–H and O–H groups in total. The number of hydrogen-bond donors (Lipinski definition) is 0. The highest BCUT2D eigenvalue weighted by Gasteiger charge is 2.18. The Morgan fingerprint density at radius 1 is 1.11 bits per heavy atom. The van der Waals surface area contributed by atoms with Gasteiger partial charge < -0.3 is 14.4 Å². The summed E-state index contributed by atoms with van der Waals surface area (Å²) in [6.07, 6.45) is 0. The van der Waals surface area contributed by atoms with E-state index in [9.17, 15) is 8.78 Å². The summed E-state index contributed by atoms with van der Waals surface area (Å²) in [5.41, 5.74) is -0.203. The Balaban J connectivity index is 3.03. The highest BCUT2D eigenvalue weighted by molar-refractivity contribution is 5.52. The molecule has 0 amide bonds. The van der Waals surface area contributed by atoms with Crippen LogP contribution in [-0.4, -0.2) is 40.5 Å². The lowest BCUT2D eigenvalue weighted by Crippen LogP contribution is -2.32. The van der Waals surface area contributed by atoms with Crippen LogP contribution in [0.15, 0.2) is 12.1 Å². The summed E-state index contributed by atoms with van der Waals surface area (Å²) in [6.45, 7) is 1.34. The summed E-state index contributed by atoms with van der Waals surface area (Å²) in [5, 5.41) is 8.66. The fourth-order valence-corrected chi connectivity index (χ4v) is 1.67. The van der Waals surface area contributed by atoms with Crippen LogP contribution in [0.25, 0.3) is 0 Å². The summed E-state index contributed by atoms with van der Waals surface area (Å²) in [7, 11) is 3.03. The van der Waals surface area contributed by atoms with Crippen molar-refractivity contribution in [1.29, 1.82) is 5.26 Å². The third-order valence-electron chi connectivity index (χ3n) is 2.59. The van der Waals surface area contributed by atoms with Crippen molar-refractivity contribution < 1.29 is 18.3 Å². The number of nitrogens with zero attached hydrogens (tertiary/aromatic N) is 2. The molecule has 0 aromatic heterocycles. The van der Waals surface area contributed by atoms with Crippen LogP contribution in [-0.2, 0) is 9.47 Å². The molecule has 0 aliphatic rings. The van der Waals surface area contributed by atoms with Crippen molar-refractivity contribution in [3.63, 3.8) is 0 Å². The summed E-state index contributed by atoms with van der Waals surface area (Å²) < 4.78 is 37.6. The topological polar surface area (TPSA) is 45.5 Å². The van der Waals surface area contributed by atoms with Gasteiger partial charge >= 0.3 is 0 Å². The molecule has 0 heterocycles. The standard InChI is InChI=1S/C13H16F2N2O2/c1-18-5-3-17(4-6-19-2)13-11(14)7-10(9-16)8-12(13)15/h7-8H,3-6H2,1-2H3. The molecule has 0 spiro atoms. The molecule has 1 rings (SSSR count). The molecule has 0 radical (unpaired) electrons. The van der Waals surface area contributed by atoms with Crippen LogP contribution in [0, 0.1) is 23.0 Å². The number of methoxy groups -OCH3 is 2. The fourth-order valence-electron chi connectivity index (χ4n) is 1.67. The number of anilines is 1.